The van der Waals surface area contributed by atoms with Gasteiger partial charge in [0.15, 0.2) is 0 Å². The Balaban J connectivity index is 2.81. The topological polar surface area (TPSA) is 86.6 Å². The number of phenolic OH excluding ortho intramolecular Hbond substituents is 1. The Kier molecular flexibility index (Phi) is 3.50. The molecule has 0 fully saturated rings. The molecule has 0 spiro atoms. The summed E-state index contributed by atoms with van der Waals surface area (Å²) in [6.07, 6.45) is 0. The quantitative estimate of drug-likeness (QED) is 0.710. The lowest BCUT2D eigenvalue weighted by Gasteiger charge is -2.09. The van der Waals surface area contributed by atoms with Crippen molar-refractivity contribution in [1.29, 1.82) is 0 Å². The summed E-state index contributed by atoms with van der Waals surface area (Å²) in [6, 6.07) is 3.39. The highest BCUT2D eigenvalue weighted by Gasteiger charge is 2.15. The van der Waals surface area contributed by atoms with E-state index in [2.05, 4.69) is 5.32 Å². The average Bonchev–Trinajstić information content (AvgIpc) is 2.21. The highest BCUT2D eigenvalue weighted by Crippen LogP contribution is 2.16. The Morgan fingerprint density at radius 1 is 1.38 bits per heavy atom. The van der Waals surface area contributed by atoms with E-state index in [9.17, 15) is 14.7 Å². The molecular weight excluding hydrogens is 210 g/mol. The number of rotatable bonds is 3. The van der Waals surface area contributed by atoms with Crippen LogP contribution in [0.1, 0.15) is 22.8 Å². The molecule has 1 atom stereocenters. The normalized spacial score (nSPS) is 11.9. The number of carboxylic acid groups (broad SMARTS) is 1. The molecule has 1 rings (SSSR count). The largest absolute Gasteiger partial charge is 0.508 e. The lowest BCUT2D eigenvalue weighted by Crippen LogP contribution is -2.38. The lowest BCUT2D eigenvalue weighted by atomic mass is 10.1. The van der Waals surface area contributed by atoms with Crippen molar-refractivity contribution >= 4 is 11.9 Å². The van der Waals surface area contributed by atoms with E-state index in [-0.39, 0.29) is 5.75 Å². The van der Waals surface area contributed by atoms with Crippen LogP contribution < -0.4 is 5.32 Å². The van der Waals surface area contributed by atoms with Crippen molar-refractivity contribution in [3.63, 3.8) is 0 Å². The zero-order chi connectivity index (χ0) is 12.3. The van der Waals surface area contributed by atoms with Crippen molar-refractivity contribution in [3.8, 4) is 5.75 Å². The Bertz CT molecular complexity index is 428. The highest BCUT2D eigenvalue weighted by molar-refractivity contribution is 5.96. The molecule has 86 valence electrons. The molecule has 0 aromatic heterocycles. The minimum absolute atomic E-state index is 0.0998. The molecule has 0 heterocycles. The van der Waals surface area contributed by atoms with Crippen LogP contribution in [0.5, 0.6) is 5.75 Å². The number of carbonyl (C=O) groups is 2. The molecule has 0 radical (unpaired) electrons. The first kappa shape index (κ1) is 12.0. The Hall–Kier alpha value is -2.04. The number of aliphatic carboxylic acids is 1. The van der Waals surface area contributed by atoms with E-state index in [0.717, 1.165) is 0 Å². The van der Waals surface area contributed by atoms with Gasteiger partial charge in [0.2, 0.25) is 0 Å². The van der Waals surface area contributed by atoms with Gasteiger partial charge in [-0.3, -0.25) is 9.59 Å². The number of aryl methyl sites for hydroxylation is 1. The van der Waals surface area contributed by atoms with E-state index in [0.29, 0.717) is 11.1 Å². The minimum atomic E-state index is -1.09. The van der Waals surface area contributed by atoms with Crippen molar-refractivity contribution in [3.05, 3.63) is 29.3 Å². The Labute approximate surface area is 92.7 Å². The standard InChI is InChI=1S/C11H13NO4/c1-6-5-8(3-4-9(6)13)10(14)12-7(2)11(15)16/h3-5,7,13H,1-2H3,(H,12,14)(H,15,16)/t7-/m1/s1. The number of amides is 1. The van der Waals surface area contributed by atoms with Gasteiger partial charge in [0.05, 0.1) is 0 Å². The maximum absolute atomic E-state index is 11.6. The third-order valence-electron chi connectivity index (χ3n) is 2.18. The molecule has 1 aromatic carbocycles. The number of benzene rings is 1. The maximum atomic E-state index is 11.6. The number of hydrogen-bond acceptors (Lipinski definition) is 3. The van der Waals surface area contributed by atoms with Gasteiger partial charge in [0.1, 0.15) is 11.8 Å². The third kappa shape index (κ3) is 2.73. The molecule has 1 aromatic rings. The Morgan fingerprint density at radius 2 is 2.00 bits per heavy atom. The van der Waals surface area contributed by atoms with E-state index in [1.54, 1.807) is 6.92 Å². The van der Waals surface area contributed by atoms with Crippen LogP contribution in [-0.2, 0) is 4.79 Å². The smallest absolute Gasteiger partial charge is 0.325 e. The summed E-state index contributed by atoms with van der Waals surface area (Å²) in [5.74, 6) is -1.47. The van der Waals surface area contributed by atoms with Gasteiger partial charge in [-0.25, -0.2) is 0 Å². The second-order valence-electron chi connectivity index (χ2n) is 3.53. The third-order valence-corrected chi connectivity index (χ3v) is 2.18. The molecular formula is C11H13NO4. The molecule has 5 heteroatoms. The first-order chi connectivity index (χ1) is 7.41. The van der Waals surface area contributed by atoms with E-state index in [1.807, 2.05) is 0 Å². The van der Waals surface area contributed by atoms with Crippen LogP contribution in [0, 0.1) is 6.92 Å². The Morgan fingerprint density at radius 3 is 2.50 bits per heavy atom. The lowest BCUT2D eigenvalue weighted by molar-refractivity contribution is -0.138. The molecule has 0 saturated carbocycles. The zero-order valence-electron chi connectivity index (χ0n) is 9.02. The molecule has 0 unspecified atom stereocenters. The molecule has 0 bridgehead atoms. The summed E-state index contributed by atoms with van der Waals surface area (Å²) in [5, 5.41) is 20.2. The van der Waals surface area contributed by atoms with E-state index in [4.69, 9.17) is 5.11 Å². The molecule has 3 N–H and O–H groups in total. The van der Waals surface area contributed by atoms with E-state index < -0.39 is 17.9 Å². The van der Waals surface area contributed by atoms with Crippen LogP contribution in [0.4, 0.5) is 0 Å². The molecule has 5 nitrogen and oxygen atoms in total. The van der Waals surface area contributed by atoms with Crippen LogP contribution >= 0.6 is 0 Å². The first-order valence-electron chi connectivity index (χ1n) is 4.75. The predicted molar refractivity (Wildman–Crippen MR) is 57.4 cm³/mol. The number of carbonyl (C=O) groups excluding carboxylic acids is 1. The van der Waals surface area contributed by atoms with E-state index >= 15 is 0 Å². The molecule has 0 aliphatic rings. The number of carboxylic acids is 1. The summed E-state index contributed by atoms with van der Waals surface area (Å²) >= 11 is 0. The molecule has 0 aliphatic carbocycles. The first-order valence-corrected chi connectivity index (χ1v) is 4.75. The zero-order valence-corrected chi connectivity index (χ0v) is 9.02. The number of aromatic hydroxyl groups is 1. The fourth-order valence-corrected chi connectivity index (χ4v) is 1.14. The second kappa shape index (κ2) is 4.65. The monoisotopic (exact) mass is 223 g/mol. The molecule has 1 amide bonds. The number of hydrogen-bond donors (Lipinski definition) is 3. The van der Waals surface area contributed by atoms with Crippen molar-refractivity contribution < 1.29 is 19.8 Å². The van der Waals surface area contributed by atoms with Gasteiger partial charge < -0.3 is 15.5 Å². The van der Waals surface area contributed by atoms with Gasteiger partial charge in [0, 0.05) is 5.56 Å². The van der Waals surface area contributed by atoms with Gasteiger partial charge >= 0.3 is 5.97 Å². The fraction of sp³-hybridized carbons (Fsp3) is 0.273. The summed E-state index contributed by atoms with van der Waals surface area (Å²) in [4.78, 5) is 22.1. The van der Waals surface area contributed by atoms with Crippen molar-refractivity contribution in [1.82, 2.24) is 5.32 Å². The molecule has 0 saturated heterocycles. The summed E-state index contributed by atoms with van der Waals surface area (Å²) in [6.45, 7) is 3.04. The van der Waals surface area contributed by atoms with Crippen LogP contribution in [0.25, 0.3) is 0 Å². The molecule has 0 aliphatic heterocycles. The van der Waals surface area contributed by atoms with Gasteiger partial charge in [-0.15, -0.1) is 0 Å². The predicted octanol–water partition coefficient (Wildman–Crippen LogP) is 0.904. The summed E-state index contributed by atoms with van der Waals surface area (Å²) in [7, 11) is 0. The van der Waals surface area contributed by atoms with Gasteiger partial charge in [0.25, 0.3) is 5.91 Å². The van der Waals surface area contributed by atoms with E-state index in [1.165, 1.54) is 25.1 Å². The van der Waals surface area contributed by atoms with Crippen molar-refractivity contribution in [2.24, 2.45) is 0 Å². The van der Waals surface area contributed by atoms with Gasteiger partial charge in [-0.05, 0) is 37.6 Å². The van der Waals surface area contributed by atoms with Crippen molar-refractivity contribution in [2.45, 2.75) is 19.9 Å². The van der Waals surface area contributed by atoms with Crippen LogP contribution in [-0.4, -0.2) is 28.1 Å². The van der Waals surface area contributed by atoms with Crippen LogP contribution in [0.3, 0.4) is 0 Å². The summed E-state index contributed by atoms with van der Waals surface area (Å²) in [5.41, 5.74) is 0.888. The average molecular weight is 223 g/mol. The minimum Gasteiger partial charge on any atom is -0.508 e. The SMILES string of the molecule is Cc1cc(C(=O)N[C@H](C)C(=O)O)ccc1O. The summed E-state index contributed by atoms with van der Waals surface area (Å²) < 4.78 is 0. The van der Waals surface area contributed by atoms with Gasteiger partial charge in [-0.1, -0.05) is 0 Å². The van der Waals surface area contributed by atoms with Crippen LogP contribution in [0.2, 0.25) is 0 Å². The van der Waals surface area contributed by atoms with Gasteiger partial charge in [-0.2, -0.15) is 0 Å². The van der Waals surface area contributed by atoms with Crippen molar-refractivity contribution in [2.75, 3.05) is 0 Å². The number of phenols is 1. The van der Waals surface area contributed by atoms with Crippen LogP contribution in [0.15, 0.2) is 18.2 Å². The maximum Gasteiger partial charge on any atom is 0.325 e. The highest BCUT2D eigenvalue weighted by atomic mass is 16.4. The fourth-order valence-electron chi connectivity index (χ4n) is 1.14. The molecule has 16 heavy (non-hydrogen) atoms. The number of nitrogens with one attached hydrogen (secondary N) is 1. The second-order valence-corrected chi connectivity index (χ2v) is 3.53.